The van der Waals surface area contributed by atoms with Crippen molar-refractivity contribution in [2.24, 2.45) is 0 Å². The van der Waals surface area contributed by atoms with Crippen LogP contribution >= 0.6 is 0 Å². The van der Waals surface area contributed by atoms with Gasteiger partial charge in [0.1, 0.15) is 5.58 Å². The van der Waals surface area contributed by atoms with Gasteiger partial charge in [0, 0.05) is 31.1 Å². The van der Waals surface area contributed by atoms with Crippen molar-refractivity contribution in [3.63, 3.8) is 0 Å². The van der Waals surface area contributed by atoms with Gasteiger partial charge in [0.15, 0.2) is 0 Å². The number of sulfonamides is 1. The van der Waals surface area contributed by atoms with Gasteiger partial charge < -0.3 is 9.73 Å². The summed E-state index contributed by atoms with van der Waals surface area (Å²) in [6, 6.07) is 15.3. The average Bonchev–Trinajstić information content (AvgIpc) is 2.73. The lowest BCUT2D eigenvalue weighted by Crippen LogP contribution is -2.48. The molecule has 1 saturated heterocycles. The van der Waals surface area contributed by atoms with Gasteiger partial charge in [0.05, 0.1) is 10.9 Å². The zero-order chi connectivity index (χ0) is 19.7. The monoisotopic (exact) mass is 398 g/mol. The smallest absolute Gasteiger partial charge is 0.336 e. The molecule has 0 aliphatic carbocycles. The molecule has 0 bridgehead atoms. The van der Waals surface area contributed by atoms with Crippen LogP contribution in [-0.4, -0.2) is 32.4 Å². The largest absolute Gasteiger partial charge is 0.423 e. The Morgan fingerprint density at radius 1 is 1.11 bits per heavy atom. The third-order valence-corrected chi connectivity index (χ3v) is 7.07. The average molecular weight is 398 g/mol. The number of rotatable bonds is 4. The number of piperazine rings is 1. The summed E-state index contributed by atoms with van der Waals surface area (Å²) in [5, 5.41) is 3.88. The highest BCUT2D eigenvalue weighted by molar-refractivity contribution is 7.89. The number of hydrogen-bond acceptors (Lipinski definition) is 5. The normalized spacial score (nSPS) is 18.4. The van der Waals surface area contributed by atoms with Crippen molar-refractivity contribution in [3.8, 4) is 0 Å². The summed E-state index contributed by atoms with van der Waals surface area (Å²) in [6.45, 7) is 3.65. The summed E-state index contributed by atoms with van der Waals surface area (Å²) in [5.41, 5.74) is 2.11. The van der Waals surface area contributed by atoms with E-state index >= 15 is 0 Å². The molecule has 3 aromatic rings. The number of hydrogen-bond donors (Lipinski definition) is 1. The van der Waals surface area contributed by atoms with Crippen LogP contribution in [0, 0.1) is 0 Å². The van der Waals surface area contributed by atoms with Gasteiger partial charge in [-0.2, -0.15) is 4.31 Å². The van der Waals surface area contributed by atoms with Crippen LogP contribution in [0.15, 0.2) is 68.7 Å². The van der Waals surface area contributed by atoms with Crippen molar-refractivity contribution in [2.45, 2.75) is 24.3 Å². The number of fused-ring (bicyclic) bond motifs is 1. The van der Waals surface area contributed by atoms with E-state index in [2.05, 4.69) is 12.2 Å². The van der Waals surface area contributed by atoms with Crippen molar-refractivity contribution in [1.82, 2.24) is 9.62 Å². The van der Waals surface area contributed by atoms with Gasteiger partial charge in [-0.3, -0.25) is 0 Å². The molecule has 6 nitrogen and oxygen atoms in total. The second-order valence-corrected chi connectivity index (χ2v) is 8.78. The maximum absolute atomic E-state index is 13.4. The van der Waals surface area contributed by atoms with E-state index in [0.717, 1.165) is 12.0 Å². The number of nitrogens with one attached hydrogen (secondary N) is 1. The Morgan fingerprint density at radius 2 is 1.89 bits per heavy atom. The highest BCUT2D eigenvalue weighted by Crippen LogP contribution is 2.30. The molecule has 1 aliphatic rings. The van der Waals surface area contributed by atoms with Crippen LogP contribution in [0.4, 0.5) is 0 Å². The summed E-state index contributed by atoms with van der Waals surface area (Å²) in [7, 11) is -3.70. The molecule has 4 rings (SSSR count). The fourth-order valence-corrected chi connectivity index (χ4v) is 5.23. The van der Waals surface area contributed by atoms with Gasteiger partial charge in [0.2, 0.25) is 10.0 Å². The molecule has 0 spiro atoms. The van der Waals surface area contributed by atoms with Crippen molar-refractivity contribution < 1.29 is 12.8 Å². The minimum absolute atomic E-state index is 0.200. The molecular weight excluding hydrogens is 376 g/mol. The van der Waals surface area contributed by atoms with Crippen LogP contribution < -0.4 is 10.9 Å². The third-order valence-electron chi connectivity index (χ3n) is 5.16. The highest BCUT2D eigenvalue weighted by atomic mass is 32.2. The SMILES string of the molecule is CCc1ccc(C2CNCCN2S(=O)(=O)c2ccc3oc(=O)ccc3c2)cc1. The van der Waals surface area contributed by atoms with E-state index in [9.17, 15) is 13.2 Å². The summed E-state index contributed by atoms with van der Waals surface area (Å²) >= 11 is 0. The quantitative estimate of drug-likeness (QED) is 0.684. The third kappa shape index (κ3) is 3.48. The van der Waals surface area contributed by atoms with Gasteiger partial charge in [-0.25, -0.2) is 13.2 Å². The first-order valence-electron chi connectivity index (χ1n) is 9.34. The zero-order valence-electron chi connectivity index (χ0n) is 15.6. The fraction of sp³-hybridized carbons (Fsp3) is 0.286. The van der Waals surface area contributed by atoms with Gasteiger partial charge in [-0.05, 0) is 41.8 Å². The molecule has 1 fully saturated rings. The van der Waals surface area contributed by atoms with E-state index in [-0.39, 0.29) is 10.9 Å². The molecule has 1 aliphatic heterocycles. The Bertz CT molecular complexity index is 1150. The molecule has 2 aromatic carbocycles. The lowest BCUT2D eigenvalue weighted by molar-refractivity contribution is 0.271. The Hall–Kier alpha value is -2.48. The van der Waals surface area contributed by atoms with E-state index in [1.165, 1.54) is 23.8 Å². The minimum Gasteiger partial charge on any atom is -0.423 e. The van der Waals surface area contributed by atoms with E-state index in [1.807, 2.05) is 24.3 Å². The van der Waals surface area contributed by atoms with E-state index in [1.54, 1.807) is 16.4 Å². The summed E-state index contributed by atoms with van der Waals surface area (Å²) in [5.74, 6) is 0. The van der Waals surface area contributed by atoms with Gasteiger partial charge in [-0.15, -0.1) is 0 Å². The Kier molecular flexibility index (Phi) is 5.05. The predicted octanol–water partition coefficient (Wildman–Crippen LogP) is 2.69. The van der Waals surface area contributed by atoms with Crippen LogP contribution in [0.5, 0.6) is 0 Å². The van der Waals surface area contributed by atoms with Gasteiger partial charge in [0.25, 0.3) is 0 Å². The van der Waals surface area contributed by atoms with Crippen molar-refractivity contribution in [1.29, 1.82) is 0 Å². The Labute approximate surface area is 163 Å². The molecule has 1 atom stereocenters. The van der Waals surface area contributed by atoms with E-state index < -0.39 is 15.6 Å². The number of nitrogens with zero attached hydrogens (tertiary/aromatic N) is 1. The van der Waals surface area contributed by atoms with Gasteiger partial charge >= 0.3 is 5.63 Å². The molecule has 28 heavy (non-hydrogen) atoms. The minimum atomic E-state index is -3.70. The van der Waals surface area contributed by atoms with Gasteiger partial charge in [-0.1, -0.05) is 31.2 Å². The first kappa shape index (κ1) is 18.9. The molecule has 146 valence electrons. The summed E-state index contributed by atoms with van der Waals surface area (Å²) < 4.78 is 33.5. The summed E-state index contributed by atoms with van der Waals surface area (Å²) in [4.78, 5) is 11.6. The maximum atomic E-state index is 13.4. The lowest BCUT2D eigenvalue weighted by Gasteiger charge is -2.35. The summed E-state index contributed by atoms with van der Waals surface area (Å²) in [6.07, 6.45) is 0.943. The first-order chi connectivity index (χ1) is 13.5. The van der Waals surface area contributed by atoms with Crippen LogP contribution in [0.25, 0.3) is 11.0 Å². The second-order valence-electron chi connectivity index (χ2n) is 6.88. The molecule has 7 heteroatoms. The second kappa shape index (κ2) is 7.50. The number of benzene rings is 2. The molecule has 2 heterocycles. The predicted molar refractivity (Wildman–Crippen MR) is 108 cm³/mol. The van der Waals surface area contributed by atoms with Crippen molar-refractivity contribution >= 4 is 21.0 Å². The zero-order valence-corrected chi connectivity index (χ0v) is 16.4. The van der Waals surface area contributed by atoms with Crippen molar-refractivity contribution in [2.75, 3.05) is 19.6 Å². The van der Waals surface area contributed by atoms with E-state index in [4.69, 9.17) is 4.42 Å². The molecule has 0 amide bonds. The molecule has 1 aromatic heterocycles. The fourth-order valence-electron chi connectivity index (χ4n) is 3.58. The Morgan fingerprint density at radius 3 is 2.64 bits per heavy atom. The van der Waals surface area contributed by atoms with Crippen LogP contribution in [-0.2, 0) is 16.4 Å². The molecule has 1 unspecified atom stereocenters. The number of aryl methyl sites for hydroxylation is 1. The van der Waals surface area contributed by atoms with Crippen LogP contribution in [0.2, 0.25) is 0 Å². The highest BCUT2D eigenvalue weighted by Gasteiger charge is 2.34. The topological polar surface area (TPSA) is 79.6 Å². The Balaban J connectivity index is 1.73. The van der Waals surface area contributed by atoms with E-state index in [0.29, 0.717) is 30.6 Å². The first-order valence-corrected chi connectivity index (χ1v) is 10.8. The molecule has 0 radical (unpaired) electrons. The van der Waals surface area contributed by atoms with Crippen molar-refractivity contribution in [3.05, 3.63) is 76.1 Å². The maximum Gasteiger partial charge on any atom is 0.336 e. The molecule has 0 saturated carbocycles. The van der Waals surface area contributed by atoms with Crippen LogP contribution in [0.3, 0.4) is 0 Å². The standard InChI is InChI=1S/C21H22N2O4S/c1-2-15-3-5-16(6-4-15)19-14-22-11-12-23(19)28(25,26)18-8-9-20-17(13-18)7-10-21(24)27-20/h3-10,13,19,22H,2,11-12,14H2,1H3. The molecule has 1 N–H and O–H groups in total. The lowest BCUT2D eigenvalue weighted by atomic mass is 10.0. The molecular formula is C21H22N2O4S. The van der Waals surface area contributed by atoms with Crippen LogP contribution in [0.1, 0.15) is 24.1 Å².